The molecule has 0 aromatic carbocycles. The summed E-state index contributed by atoms with van der Waals surface area (Å²) in [5, 5.41) is 0. The van der Waals surface area contributed by atoms with Gasteiger partial charge in [-0.05, 0) is 38.5 Å². The largest absolute Gasteiger partial charge is 0.466 e. The molecule has 0 heterocycles. The Labute approximate surface area is 125 Å². The summed E-state index contributed by atoms with van der Waals surface area (Å²) in [6, 6.07) is 0. The lowest BCUT2D eigenvalue weighted by Crippen LogP contribution is -2.03. The number of allylic oxidation sites excluding steroid dienone is 2. The number of rotatable bonds is 12. The Balaban J connectivity index is 1.74. The zero-order chi connectivity index (χ0) is 14.5. The molecule has 20 heavy (non-hydrogen) atoms. The molecule has 0 amide bonds. The molecule has 2 nitrogen and oxygen atoms in total. The van der Waals surface area contributed by atoms with Gasteiger partial charge in [-0.1, -0.05) is 57.1 Å². The van der Waals surface area contributed by atoms with Crippen molar-refractivity contribution in [2.24, 2.45) is 5.92 Å². The van der Waals surface area contributed by atoms with E-state index in [4.69, 9.17) is 4.74 Å². The van der Waals surface area contributed by atoms with Crippen LogP contribution in [0.4, 0.5) is 0 Å². The quantitative estimate of drug-likeness (QED) is 0.271. The van der Waals surface area contributed by atoms with E-state index in [-0.39, 0.29) is 5.97 Å². The van der Waals surface area contributed by atoms with Crippen LogP contribution in [0.5, 0.6) is 0 Å². The molecular formula is C18H32O2. The van der Waals surface area contributed by atoms with Gasteiger partial charge in [0.25, 0.3) is 0 Å². The SMILES string of the molecule is CCOC(=O)CCCCCCCCCC[C@H]1C=CCC1. The van der Waals surface area contributed by atoms with E-state index in [0.29, 0.717) is 13.0 Å². The maximum Gasteiger partial charge on any atom is 0.305 e. The van der Waals surface area contributed by atoms with Crippen molar-refractivity contribution in [2.45, 2.75) is 84.0 Å². The van der Waals surface area contributed by atoms with Crippen LogP contribution in [0, 0.1) is 5.92 Å². The van der Waals surface area contributed by atoms with Gasteiger partial charge in [0.2, 0.25) is 0 Å². The van der Waals surface area contributed by atoms with E-state index in [1.54, 1.807) is 0 Å². The Kier molecular flexibility index (Phi) is 10.3. The minimum atomic E-state index is -0.0338. The van der Waals surface area contributed by atoms with Gasteiger partial charge in [-0.25, -0.2) is 0 Å². The summed E-state index contributed by atoms with van der Waals surface area (Å²) in [6.45, 7) is 2.37. The standard InChI is InChI=1S/C18H32O2/c1-2-20-18(19)16-10-8-6-4-3-5-7-9-13-17-14-11-12-15-17/h11,14,17H,2-10,12-13,15-16H2,1H3/t17-/m0/s1. The molecule has 1 aliphatic carbocycles. The van der Waals surface area contributed by atoms with Gasteiger partial charge in [0.1, 0.15) is 0 Å². The fourth-order valence-corrected chi connectivity index (χ4v) is 2.91. The van der Waals surface area contributed by atoms with Gasteiger partial charge in [0, 0.05) is 6.42 Å². The monoisotopic (exact) mass is 280 g/mol. The van der Waals surface area contributed by atoms with Gasteiger partial charge in [0.15, 0.2) is 0 Å². The topological polar surface area (TPSA) is 26.3 Å². The average molecular weight is 280 g/mol. The zero-order valence-electron chi connectivity index (χ0n) is 13.2. The van der Waals surface area contributed by atoms with Gasteiger partial charge in [0.05, 0.1) is 6.61 Å². The van der Waals surface area contributed by atoms with Crippen LogP contribution in [-0.2, 0) is 9.53 Å². The second-order valence-electron chi connectivity index (χ2n) is 5.94. The highest BCUT2D eigenvalue weighted by molar-refractivity contribution is 5.69. The molecule has 0 aliphatic heterocycles. The summed E-state index contributed by atoms with van der Waals surface area (Å²) in [5.41, 5.74) is 0. The predicted molar refractivity (Wildman–Crippen MR) is 84.7 cm³/mol. The summed E-state index contributed by atoms with van der Waals surface area (Å²) in [5.74, 6) is 0.853. The number of hydrogen-bond acceptors (Lipinski definition) is 2. The molecule has 0 spiro atoms. The summed E-state index contributed by atoms with van der Waals surface area (Å²) in [4.78, 5) is 11.1. The highest BCUT2D eigenvalue weighted by Gasteiger charge is 2.07. The maximum atomic E-state index is 11.1. The van der Waals surface area contributed by atoms with Gasteiger partial charge in [-0.2, -0.15) is 0 Å². The van der Waals surface area contributed by atoms with E-state index in [1.165, 1.54) is 64.2 Å². The molecule has 0 N–H and O–H groups in total. The Hall–Kier alpha value is -0.790. The lowest BCUT2D eigenvalue weighted by molar-refractivity contribution is -0.143. The van der Waals surface area contributed by atoms with Crippen LogP contribution < -0.4 is 0 Å². The minimum Gasteiger partial charge on any atom is -0.466 e. The summed E-state index contributed by atoms with van der Waals surface area (Å²) < 4.78 is 4.91. The Morgan fingerprint density at radius 3 is 2.30 bits per heavy atom. The molecule has 1 aliphatic rings. The summed E-state index contributed by atoms with van der Waals surface area (Å²) in [7, 11) is 0. The second kappa shape index (κ2) is 12.0. The smallest absolute Gasteiger partial charge is 0.305 e. The van der Waals surface area contributed by atoms with Crippen LogP contribution in [0.2, 0.25) is 0 Å². The molecule has 0 saturated heterocycles. The lowest BCUT2D eigenvalue weighted by Gasteiger charge is -2.06. The van der Waals surface area contributed by atoms with Crippen LogP contribution in [0.1, 0.15) is 84.0 Å². The van der Waals surface area contributed by atoms with Crippen molar-refractivity contribution in [3.63, 3.8) is 0 Å². The fraction of sp³-hybridized carbons (Fsp3) is 0.833. The molecule has 0 aromatic rings. The highest BCUT2D eigenvalue weighted by Crippen LogP contribution is 2.23. The Morgan fingerprint density at radius 2 is 1.70 bits per heavy atom. The van der Waals surface area contributed by atoms with E-state index in [0.717, 1.165) is 12.3 Å². The maximum absolute atomic E-state index is 11.1. The number of carbonyl (C=O) groups is 1. The van der Waals surface area contributed by atoms with Crippen molar-refractivity contribution in [3.8, 4) is 0 Å². The van der Waals surface area contributed by atoms with Crippen LogP contribution >= 0.6 is 0 Å². The van der Waals surface area contributed by atoms with E-state index < -0.39 is 0 Å². The number of hydrogen-bond donors (Lipinski definition) is 0. The van der Waals surface area contributed by atoms with E-state index in [9.17, 15) is 4.79 Å². The summed E-state index contributed by atoms with van der Waals surface area (Å²) >= 11 is 0. The van der Waals surface area contributed by atoms with Crippen molar-refractivity contribution in [3.05, 3.63) is 12.2 Å². The first-order chi connectivity index (χ1) is 9.83. The van der Waals surface area contributed by atoms with E-state index in [2.05, 4.69) is 12.2 Å². The molecule has 1 rings (SSSR count). The molecule has 0 bridgehead atoms. The fourth-order valence-electron chi connectivity index (χ4n) is 2.91. The van der Waals surface area contributed by atoms with Gasteiger partial charge < -0.3 is 4.74 Å². The first kappa shape index (κ1) is 17.3. The van der Waals surface area contributed by atoms with Gasteiger partial charge in [-0.3, -0.25) is 4.79 Å². The molecule has 0 unspecified atom stereocenters. The number of carbonyl (C=O) groups excluding carboxylic acids is 1. The Morgan fingerprint density at radius 1 is 1.05 bits per heavy atom. The van der Waals surface area contributed by atoms with Gasteiger partial charge >= 0.3 is 5.97 Å². The third kappa shape index (κ3) is 9.17. The third-order valence-corrected chi connectivity index (χ3v) is 4.12. The van der Waals surface area contributed by atoms with Crippen LogP contribution in [0.15, 0.2) is 12.2 Å². The molecule has 2 heteroatoms. The molecule has 1 atom stereocenters. The predicted octanol–water partition coefficient (Wildman–Crippen LogP) is 5.42. The average Bonchev–Trinajstić information content (AvgIpc) is 2.94. The molecule has 0 radical (unpaired) electrons. The lowest BCUT2D eigenvalue weighted by atomic mass is 9.99. The van der Waals surface area contributed by atoms with Crippen molar-refractivity contribution in [1.82, 2.24) is 0 Å². The third-order valence-electron chi connectivity index (χ3n) is 4.12. The summed E-state index contributed by atoms with van der Waals surface area (Å²) in [6.07, 6.45) is 19.7. The highest BCUT2D eigenvalue weighted by atomic mass is 16.5. The van der Waals surface area contributed by atoms with Crippen molar-refractivity contribution >= 4 is 5.97 Å². The van der Waals surface area contributed by atoms with Crippen molar-refractivity contribution in [1.29, 1.82) is 0 Å². The van der Waals surface area contributed by atoms with Crippen molar-refractivity contribution < 1.29 is 9.53 Å². The molecule has 0 fully saturated rings. The van der Waals surface area contributed by atoms with Crippen LogP contribution in [-0.4, -0.2) is 12.6 Å². The molecular weight excluding hydrogens is 248 g/mol. The molecule has 116 valence electrons. The number of ether oxygens (including phenoxy) is 1. The first-order valence-electron chi connectivity index (χ1n) is 8.65. The number of esters is 1. The van der Waals surface area contributed by atoms with E-state index >= 15 is 0 Å². The minimum absolute atomic E-state index is 0.0338. The zero-order valence-corrected chi connectivity index (χ0v) is 13.2. The molecule has 0 aromatic heterocycles. The van der Waals surface area contributed by atoms with Crippen LogP contribution in [0.25, 0.3) is 0 Å². The number of unbranched alkanes of at least 4 members (excludes halogenated alkanes) is 7. The Bertz CT molecular complexity index is 271. The van der Waals surface area contributed by atoms with E-state index in [1.807, 2.05) is 6.92 Å². The molecule has 0 saturated carbocycles. The second-order valence-corrected chi connectivity index (χ2v) is 5.94. The van der Waals surface area contributed by atoms with Crippen molar-refractivity contribution in [2.75, 3.05) is 6.61 Å². The normalized spacial score (nSPS) is 17.6. The first-order valence-corrected chi connectivity index (χ1v) is 8.65. The van der Waals surface area contributed by atoms with Crippen LogP contribution in [0.3, 0.4) is 0 Å². The van der Waals surface area contributed by atoms with Gasteiger partial charge in [-0.15, -0.1) is 0 Å².